The molecule has 3 aliphatic rings. The maximum absolute atomic E-state index is 8.29. The molecule has 0 radical (unpaired) electrons. The van der Waals surface area contributed by atoms with Gasteiger partial charge in [0.05, 0.1) is 19.9 Å². The van der Waals surface area contributed by atoms with Crippen LogP contribution in [-0.2, 0) is 6.54 Å². The van der Waals surface area contributed by atoms with Gasteiger partial charge in [-0.3, -0.25) is 9.67 Å². The van der Waals surface area contributed by atoms with E-state index in [0.29, 0.717) is 41.3 Å². The molecule has 0 unspecified atom stereocenters. The Balaban J connectivity index is 0.000000411. The summed E-state index contributed by atoms with van der Waals surface area (Å²) in [5.41, 5.74) is 15.7. The van der Waals surface area contributed by atoms with E-state index in [1.54, 1.807) is 18.0 Å². The minimum atomic E-state index is 0.141. The number of nitrogen functional groups attached to an aromatic ring is 2. The number of unbranched alkanes of at least 4 members (excludes halogenated alkanes) is 3. The van der Waals surface area contributed by atoms with Gasteiger partial charge in [0.25, 0.3) is 0 Å². The van der Waals surface area contributed by atoms with Crippen molar-refractivity contribution in [3.63, 3.8) is 0 Å². The predicted molar refractivity (Wildman–Crippen MR) is 157 cm³/mol. The number of likely N-dealkylation sites (tertiary alicyclic amines) is 1. The molecule has 3 aromatic rings. The number of nitrogens with zero attached hydrogens (tertiary/aromatic N) is 6. The zero-order chi connectivity index (χ0) is 28.1. The smallest absolute Gasteiger partial charge is 0.222 e. The van der Waals surface area contributed by atoms with Crippen LogP contribution in [0.25, 0.3) is 11.0 Å². The van der Waals surface area contributed by atoms with Gasteiger partial charge < -0.3 is 31.5 Å². The lowest BCUT2D eigenvalue weighted by molar-refractivity contribution is -0.0432. The molecule has 2 saturated heterocycles. The van der Waals surface area contributed by atoms with E-state index in [9.17, 15) is 0 Å². The fourth-order valence-electron chi connectivity index (χ4n) is 6.42. The Hall–Kier alpha value is -3.02. The van der Waals surface area contributed by atoms with Crippen LogP contribution < -0.4 is 21.5 Å². The van der Waals surface area contributed by atoms with E-state index in [1.807, 2.05) is 6.20 Å². The average molecular weight is 552 g/mol. The third-order valence-electron chi connectivity index (χ3n) is 8.87. The minimum absolute atomic E-state index is 0.141. The van der Waals surface area contributed by atoms with Crippen molar-refractivity contribution in [1.29, 1.82) is 0 Å². The highest BCUT2D eigenvalue weighted by molar-refractivity contribution is 5.85. The van der Waals surface area contributed by atoms with Crippen molar-refractivity contribution in [2.24, 2.45) is 5.41 Å². The number of aliphatic hydroxyl groups excluding tert-OH is 1. The van der Waals surface area contributed by atoms with Crippen molar-refractivity contribution in [3.8, 4) is 5.75 Å². The molecule has 3 aromatic heterocycles. The molecule has 5 heterocycles. The first-order chi connectivity index (χ1) is 19.4. The van der Waals surface area contributed by atoms with Crippen LogP contribution in [0.4, 0.5) is 11.8 Å². The number of methoxy groups -OCH3 is 1. The molecule has 11 nitrogen and oxygen atoms in total. The predicted octanol–water partition coefficient (Wildman–Crippen LogP) is 2.93. The van der Waals surface area contributed by atoms with E-state index < -0.39 is 0 Å². The molecular formula is C29H45N9O2. The van der Waals surface area contributed by atoms with Crippen LogP contribution >= 0.6 is 0 Å². The summed E-state index contributed by atoms with van der Waals surface area (Å²) in [4.78, 5) is 15.7. The molecule has 1 spiro atoms. The Labute approximate surface area is 236 Å². The molecule has 3 fully saturated rings. The minimum Gasteiger partial charge on any atom is -0.495 e. The van der Waals surface area contributed by atoms with E-state index in [4.69, 9.17) is 26.3 Å². The first-order valence-corrected chi connectivity index (χ1v) is 14.8. The Bertz CT molecular complexity index is 1260. The third kappa shape index (κ3) is 6.16. The summed E-state index contributed by atoms with van der Waals surface area (Å²) in [7, 11) is 1.69. The number of anilines is 2. The van der Waals surface area contributed by atoms with Crippen LogP contribution in [-0.4, -0.2) is 80.7 Å². The summed E-state index contributed by atoms with van der Waals surface area (Å²) >= 11 is 0. The van der Waals surface area contributed by atoms with E-state index in [1.165, 1.54) is 76.7 Å². The zero-order valence-corrected chi connectivity index (χ0v) is 24.0. The average Bonchev–Trinajstić information content (AvgIpc) is 3.31. The molecule has 40 heavy (non-hydrogen) atoms. The summed E-state index contributed by atoms with van der Waals surface area (Å²) in [6.07, 6.45) is 13.4. The first-order valence-electron chi connectivity index (χ1n) is 14.8. The standard InChI is InChI=1S/C23H31N9O.C6H14O/c1-33-19-6-15(14-2-4-31(5-3-14)16-7-23(8-16)12-26-13-23)9-27-18(19)11-32-20-17(10-28-32)29-22(25)30-21(20)24;1-2-3-4-5-6-7/h6,9-10,14,16,26H,2-5,7-8,11-13H2,1H3,(H4,24,25,29,30);7H,2-6H2,1H3. The van der Waals surface area contributed by atoms with Crippen LogP contribution in [0.3, 0.4) is 0 Å². The third-order valence-corrected chi connectivity index (χ3v) is 8.87. The number of aliphatic hydroxyl groups is 1. The van der Waals surface area contributed by atoms with Crippen molar-refractivity contribution < 1.29 is 9.84 Å². The maximum atomic E-state index is 8.29. The fraction of sp³-hybridized carbons (Fsp3) is 0.655. The van der Waals surface area contributed by atoms with Gasteiger partial charge in [-0.05, 0) is 68.2 Å². The van der Waals surface area contributed by atoms with E-state index in [2.05, 4.69) is 38.3 Å². The molecule has 0 aromatic carbocycles. The second kappa shape index (κ2) is 12.7. The molecule has 0 bridgehead atoms. The van der Waals surface area contributed by atoms with Crippen LogP contribution in [0.1, 0.15) is 75.5 Å². The molecule has 0 atom stereocenters. The number of hydrogen-bond acceptors (Lipinski definition) is 10. The van der Waals surface area contributed by atoms with Gasteiger partial charge in [0.1, 0.15) is 22.5 Å². The lowest BCUT2D eigenvalue weighted by Gasteiger charge is -2.58. The summed E-state index contributed by atoms with van der Waals surface area (Å²) in [5, 5.41) is 16.1. The highest BCUT2D eigenvalue weighted by Gasteiger charge is 2.50. The number of piperidine rings is 1. The fourth-order valence-corrected chi connectivity index (χ4v) is 6.42. The summed E-state index contributed by atoms with van der Waals surface area (Å²) < 4.78 is 7.46. The Morgan fingerprint density at radius 1 is 1.10 bits per heavy atom. The van der Waals surface area contributed by atoms with Crippen molar-refractivity contribution in [1.82, 2.24) is 34.9 Å². The van der Waals surface area contributed by atoms with Gasteiger partial charge in [-0.25, -0.2) is 4.98 Å². The SMILES string of the molecule is CCCCCCO.COc1cc(C2CCN(C3CC4(CNC4)C3)CC2)cnc1Cn1ncc2nc(N)nc(N)c21. The van der Waals surface area contributed by atoms with Crippen LogP contribution in [0.2, 0.25) is 0 Å². The van der Waals surface area contributed by atoms with Crippen molar-refractivity contribution in [2.75, 3.05) is 51.4 Å². The molecule has 2 aliphatic heterocycles. The first kappa shape index (κ1) is 28.5. The van der Waals surface area contributed by atoms with E-state index in [-0.39, 0.29) is 5.95 Å². The van der Waals surface area contributed by atoms with E-state index >= 15 is 0 Å². The van der Waals surface area contributed by atoms with Crippen LogP contribution in [0.15, 0.2) is 18.5 Å². The van der Waals surface area contributed by atoms with Crippen molar-refractivity contribution in [3.05, 3.63) is 29.7 Å². The number of nitrogens with two attached hydrogens (primary N) is 2. The maximum Gasteiger partial charge on any atom is 0.222 e. The number of ether oxygens (including phenoxy) is 1. The normalized spacial score (nSPS) is 19.2. The molecule has 1 saturated carbocycles. The summed E-state index contributed by atoms with van der Waals surface area (Å²) in [6.45, 7) is 7.73. The Morgan fingerprint density at radius 3 is 2.52 bits per heavy atom. The largest absolute Gasteiger partial charge is 0.495 e. The molecule has 11 heteroatoms. The lowest BCUT2D eigenvalue weighted by Crippen LogP contribution is -2.65. The van der Waals surface area contributed by atoms with Gasteiger partial charge in [0.2, 0.25) is 5.95 Å². The van der Waals surface area contributed by atoms with Gasteiger partial charge in [0, 0.05) is 31.9 Å². The number of hydrogen-bond donors (Lipinski definition) is 4. The monoisotopic (exact) mass is 551 g/mol. The summed E-state index contributed by atoms with van der Waals surface area (Å²) in [6, 6.07) is 2.93. The number of nitrogens with one attached hydrogen (secondary N) is 1. The second-order valence-electron chi connectivity index (χ2n) is 11.7. The van der Waals surface area contributed by atoms with Gasteiger partial charge in [0.15, 0.2) is 5.82 Å². The Morgan fingerprint density at radius 2 is 1.88 bits per heavy atom. The number of aromatic nitrogens is 5. The van der Waals surface area contributed by atoms with Crippen LogP contribution in [0, 0.1) is 5.41 Å². The molecule has 6 N–H and O–H groups in total. The number of fused-ring (bicyclic) bond motifs is 1. The highest BCUT2D eigenvalue weighted by Crippen LogP contribution is 2.47. The van der Waals surface area contributed by atoms with Crippen molar-refractivity contribution >= 4 is 22.8 Å². The quantitative estimate of drug-likeness (QED) is 0.292. The molecule has 0 amide bonds. The number of pyridine rings is 1. The zero-order valence-electron chi connectivity index (χ0n) is 24.0. The van der Waals surface area contributed by atoms with Gasteiger partial charge in [-0.1, -0.05) is 26.2 Å². The number of rotatable bonds is 9. The topological polar surface area (TPSA) is 153 Å². The van der Waals surface area contributed by atoms with Gasteiger partial charge in [-0.2, -0.15) is 10.1 Å². The van der Waals surface area contributed by atoms with Gasteiger partial charge in [-0.15, -0.1) is 0 Å². The molecular weight excluding hydrogens is 506 g/mol. The summed E-state index contributed by atoms with van der Waals surface area (Å²) in [5.74, 6) is 1.74. The van der Waals surface area contributed by atoms with E-state index in [0.717, 1.165) is 23.9 Å². The van der Waals surface area contributed by atoms with Crippen molar-refractivity contribution in [2.45, 2.75) is 76.8 Å². The molecule has 1 aliphatic carbocycles. The highest BCUT2D eigenvalue weighted by atomic mass is 16.5. The molecule has 218 valence electrons. The van der Waals surface area contributed by atoms with Crippen LogP contribution in [0.5, 0.6) is 5.75 Å². The second-order valence-corrected chi connectivity index (χ2v) is 11.7. The molecule has 6 rings (SSSR count). The van der Waals surface area contributed by atoms with Gasteiger partial charge >= 0.3 is 0 Å². The Kier molecular flexibility index (Phi) is 9.02. The lowest BCUT2D eigenvalue weighted by atomic mass is 9.61.